The number of rotatable bonds is 1. The molecule has 2 rings (SSSR count). The van der Waals surface area contributed by atoms with Crippen LogP contribution in [0.25, 0.3) is 0 Å². The molecule has 1 N–H and O–H groups in total. The van der Waals surface area contributed by atoms with E-state index in [1.807, 2.05) is 12.4 Å². The second-order valence-corrected chi connectivity index (χ2v) is 3.41. The zero-order chi connectivity index (χ0) is 7.52. The van der Waals surface area contributed by atoms with Gasteiger partial charge < -0.3 is 5.32 Å². The lowest BCUT2D eigenvalue weighted by Gasteiger charge is -2.08. The maximum absolute atomic E-state index is 3.02. The van der Waals surface area contributed by atoms with E-state index in [2.05, 4.69) is 35.0 Å². The second kappa shape index (κ2) is 2.93. The number of hydrogen-bond acceptors (Lipinski definition) is 2. The molecule has 56 valence electrons. The smallest absolute Gasteiger partial charge is 0.0327 e. The molecule has 0 fully saturated rings. The predicted molar refractivity (Wildman–Crippen MR) is 48.5 cm³/mol. The third-order valence-corrected chi connectivity index (χ3v) is 2.64. The Morgan fingerprint density at radius 1 is 1.27 bits per heavy atom. The van der Waals surface area contributed by atoms with Crippen molar-refractivity contribution in [1.29, 1.82) is 0 Å². The van der Waals surface area contributed by atoms with Gasteiger partial charge in [-0.05, 0) is 23.8 Å². The highest BCUT2D eigenvalue weighted by Gasteiger charge is 2.05. The van der Waals surface area contributed by atoms with Crippen molar-refractivity contribution in [1.82, 2.24) is 5.32 Å². The Morgan fingerprint density at radius 2 is 2.09 bits per heavy atom. The summed E-state index contributed by atoms with van der Waals surface area (Å²) >= 11 is 1.80. The lowest BCUT2D eigenvalue weighted by molar-refractivity contribution is 1.02. The summed E-state index contributed by atoms with van der Waals surface area (Å²) in [5.41, 5.74) is 0. The van der Waals surface area contributed by atoms with E-state index in [0.29, 0.717) is 5.92 Å². The summed E-state index contributed by atoms with van der Waals surface area (Å²) in [6.45, 7) is 0. The third-order valence-electron chi connectivity index (χ3n) is 1.67. The molecule has 0 bridgehead atoms. The van der Waals surface area contributed by atoms with E-state index < -0.39 is 0 Å². The largest absolute Gasteiger partial charge is 0.368 e. The maximum atomic E-state index is 3.02. The molecule has 2 heterocycles. The Morgan fingerprint density at radius 3 is 2.73 bits per heavy atom. The molecule has 1 aromatic rings. The van der Waals surface area contributed by atoms with Gasteiger partial charge in [-0.2, -0.15) is 0 Å². The molecule has 1 aliphatic heterocycles. The fourth-order valence-corrected chi connectivity index (χ4v) is 1.89. The minimum atomic E-state index is 0.483. The Bertz CT molecular complexity index is 260. The lowest BCUT2D eigenvalue weighted by atomic mass is 10.1. The number of allylic oxidation sites excluding steroid dienone is 2. The Kier molecular flexibility index (Phi) is 1.78. The predicted octanol–water partition coefficient (Wildman–Crippen LogP) is 2.46. The average Bonchev–Trinajstić information content (AvgIpc) is 2.58. The van der Waals surface area contributed by atoms with Crippen molar-refractivity contribution in [2.45, 2.75) is 5.92 Å². The van der Waals surface area contributed by atoms with Gasteiger partial charge in [0.15, 0.2) is 0 Å². The normalized spacial score (nSPS) is 16.7. The van der Waals surface area contributed by atoms with Gasteiger partial charge in [-0.25, -0.2) is 0 Å². The molecule has 0 amide bonds. The van der Waals surface area contributed by atoms with E-state index in [1.54, 1.807) is 11.3 Å². The molecule has 1 aromatic heterocycles. The minimum Gasteiger partial charge on any atom is -0.368 e. The van der Waals surface area contributed by atoms with E-state index in [9.17, 15) is 0 Å². The molecule has 2 heteroatoms. The topological polar surface area (TPSA) is 12.0 Å². The fraction of sp³-hybridized carbons (Fsp3) is 0.111. The van der Waals surface area contributed by atoms with Crippen LogP contribution in [-0.2, 0) is 0 Å². The minimum absolute atomic E-state index is 0.483. The van der Waals surface area contributed by atoms with E-state index in [1.165, 1.54) is 4.88 Å². The molecule has 0 atom stereocenters. The standard InChI is InChI=1S/C9H9NS/c1-2-9(11-7-1)8-3-5-10-6-4-8/h1-8,10H. The number of thiophene rings is 1. The molecule has 11 heavy (non-hydrogen) atoms. The molecule has 1 nitrogen and oxygen atoms in total. The van der Waals surface area contributed by atoms with Crippen LogP contribution in [0.1, 0.15) is 10.8 Å². The van der Waals surface area contributed by atoms with Crippen molar-refractivity contribution in [2.75, 3.05) is 0 Å². The van der Waals surface area contributed by atoms with Crippen LogP contribution >= 0.6 is 11.3 Å². The highest BCUT2D eigenvalue weighted by Crippen LogP contribution is 2.24. The number of nitrogens with one attached hydrogen (secondary N) is 1. The quantitative estimate of drug-likeness (QED) is 0.670. The molecule has 0 radical (unpaired) electrons. The molecule has 0 saturated heterocycles. The van der Waals surface area contributed by atoms with Gasteiger partial charge in [0.1, 0.15) is 0 Å². The van der Waals surface area contributed by atoms with Crippen LogP contribution in [0.3, 0.4) is 0 Å². The van der Waals surface area contributed by atoms with Crippen molar-refractivity contribution in [3.63, 3.8) is 0 Å². The average molecular weight is 163 g/mol. The van der Waals surface area contributed by atoms with Gasteiger partial charge in [-0.3, -0.25) is 0 Å². The van der Waals surface area contributed by atoms with Crippen molar-refractivity contribution >= 4 is 11.3 Å². The van der Waals surface area contributed by atoms with Crippen LogP contribution in [-0.4, -0.2) is 0 Å². The van der Waals surface area contributed by atoms with Crippen LogP contribution in [0.4, 0.5) is 0 Å². The molecular weight excluding hydrogens is 154 g/mol. The van der Waals surface area contributed by atoms with Crippen LogP contribution in [0.2, 0.25) is 0 Å². The zero-order valence-corrected chi connectivity index (χ0v) is 6.84. The Balaban J connectivity index is 2.23. The monoisotopic (exact) mass is 163 g/mol. The van der Waals surface area contributed by atoms with Crippen LogP contribution in [0, 0.1) is 0 Å². The summed E-state index contributed by atoms with van der Waals surface area (Å²) in [7, 11) is 0. The second-order valence-electron chi connectivity index (χ2n) is 2.43. The van der Waals surface area contributed by atoms with Gasteiger partial charge in [-0.15, -0.1) is 11.3 Å². The number of dihydropyridines is 1. The summed E-state index contributed by atoms with van der Waals surface area (Å²) in [6, 6.07) is 4.25. The van der Waals surface area contributed by atoms with Crippen molar-refractivity contribution < 1.29 is 0 Å². The molecule has 0 unspecified atom stereocenters. The van der Waals surface area contributed by atoms with Gasteiger partial charge in [-0.1, -0.05) is 18.2 Å². The van der Waals surface area contributed by atoms with Crippen LogP contribution < -0.4 is 5.32 Å². The van der Waals surface area contributed by atoms with Crippen molar-refractivity contribution in [3.8, 4) is 0 Å². The molecule has 0 spiro atoms. The first-order valence-electron chi connectivity index (χ1n) is 3.59. The highest BCUT2D eigenvalue weighted by atomic mass is 32.1. The van der Waals surface area contributed by atoms with Crippen molar-refractivity contribution in [3.05, 3.63) is 46.9 Å². The molecule has 0 aliphatic carbocycles. The fourth-order valence-electron chi connectivity index (χ4n) is 1.11. The van der Waals surface area contributed by atoms with E-state index in [4.69, 9.17) is 0 Å². The summed E-state index contributed by atoms with van der Waals surface area (Å²) in [5, 5.41) is 5.13. The summed E-state index contributed by atoms with van der Waals surface area (Å²) in [6.07, 6.45) is 8.27. The van der Waals surface area contributed by atoms with E-state index in [0.717, 1.165) is 0 Å². The third kappa shape index (κ3) is 1.35. The van der Waals surface area contributed by atoms with E-state index >= 15 is 0 Å². The summed E-state index contributed by atoms with van der Waals surface area (Å²) in [4.78, 5) is 1.40. The zero-order valence-electron chi connectivity index (χ0n) is 6.03. The van der Waals surface area contributed by atoms with Gasteiger partial charge in [0.05, 0.1) is 0 Å². The summed E-state index contributed by atoms with van der Waals surface area (Å²) < 4.78 is 0. The SMILES string of the molecule is C1=CC(c2cccs2)C=CN1. The molecule has 1 aliphatic rings. The molecule has 0 saturated carbocycles. The van der Waals surface area contributed by atoms with Crippen molar-refractivity contribution in [2.24, 2.45) is 0 Å². The first kappa shape index (κ1) is 6.68. The highest BCUT2D eigenvalue weighted by molar-refractivity contribution is 7.10. The lowest BCUT2D eigenvalue weighted by Crippen LogP contribution is -2.01. The Hall–Kier alpha value is -1.02. The Labute approximate surface area is 70.1 Å². The van der Waals surface area contributed by atoms with E-state index in [-0.39, 0.29) is 0 Å². The van der Waals surface area contributed by atoms with Crippen LogP contribution in [0.15, 0.2) is 42.1 Å². The maximum Gasteiger partial charge on any atom is 0.0327 e. The molecular formula is C9H9NS. The first-order valence-corrected chi connectivity index (χ1v) is 4.47. The van der Waals surface area contributed by atoms with Gasteiger partial charge >= 0.3 is 0 Å². The summed E-state index contributed by atoms with van der Waals surface area (Å²) in [5.74, 6) is 0.483. The first-order chi connectivity index (χ1) is 5.47. The van der Waals surface area contributed by atoms with Gasteiger partial charge in [0.2, 0.25) is 0 Å². The van der Waals surface area contributed by atoms with Gasteiger partial charge in [0.25, 0.3) is 0 Å². The molecule has 0 aromatic carbocycles. The number of hydrogen-bond donors (Lipinski definition) is 1. The van der Waals surface area contributed by atoms with Crippen LogP contribution in [0.5, 0.6) is 0 Å². The van der Waals surface area contributed by atoms with Gasteiger partial charge in [0, 0.05) is 10.8 Å².